The largest absolute Gasteiger partial charge is 0.499 e. The number of nitrogens with one attached hydrogen (secondary N) is 1. The lowest BCUT2D eigenvalue weighted by molar-refractivity contribution is -0.360. The highest BCUT2D eigenvalue weighted by Crippen LogP contribution is 2.39. The van der Waals surface area contributed by atoms with Crippen LogP contribution in [0.15, 0.2) is 24.3 Å². The van der Waals surface area contributed by atoms with Gasteiger partial charge in [0.15, 0.2) is 4.75 Å². The molecule has 0 atom stereocenters. The number of benzene rings is 1. The third-order valence-electron chi connectivity index (χ3n) is 6.03. The highest BCUT2D eigenvalue weighted by atomic mass is 32.2. The van der Waals surface area contributed by atoms with Gasteiger partial charge in [-0.15, -0.1) is 0 Å². The lowest BCUT2D eigenvalue weighted by Gasteiger charge is -2.40. The molecule has 1 amide bonds. The fourth-order valence-corrected chi connectivity index (χ4v) is 6.24. The number of rotatable bonds is 6. The Morgan fingerprint density at radius 2 is 1.64 bits per heavy atom. The molecule has 2 N–H and O–H groups in total. The van der Waals surface area contributed by atoms with Crippen molar-refractivity contribution in [3.63, 3.8) is 0 Å². The normalized spacial score (nSPS) is 20.9. The number of halogens is 5. The van der Waals surface area contributed by atoms with Crippen LogP contribution in [0.1, 0.15) is 37.2 Å². The average Bonchev–Trinajstić information content (AvgIpc) is 2.78. The van der Waals surface area contributed by atoms with Crippen molar-refractivity contribution in [1.29, 1.82) is 0 Å². The molecule has 14 heteroatoms. The van der Waals surface area contributed by atoms with Gasteiger partial charge in [-0.25, -0.2) is 18.2 Å². The minimum absolute atomic E-state index is 0.0465. The van der Waals surface area contributed by atoms with E-state index in [9.17, 15) is 35.2 Å². The summed E-state index contributed by atoms with van der Waals surface area (Å²) in [4.78, 5) is 12.3. The summed E-state index contributed by atoms with van der Waals surface area (Å²) in [6.07, 6.45) is -10.7. The first-order valence-electron chi connectivity index (χ1n) is 10.1. The zero-order chi connectivity index (χ0) is 24.5. The van der Waals surface area contributed by atoms with Crippen LogP contribution in [0.5, 0.6) is 5.75 Å². The molecule has 3 rings (SSSR count). The van der Waals surface area contributed by atoms with Crippen LogP contribution in [0.4, 0.5) is 22.0 Å². The molecular formula is C19H23F5N2O6S. The van der Waals surface area contributed by atoms with E-state index in [0.717, 1.165) is 12.1 Å². The molecular weight excluding hydrogens is 479 g/mol. The van der Waals surface area contributed by atoms with Gasteiger partial charge in [-0.2, -0.15) is 22.0 Å². The Morgan fingerprint density at radius 3 is 2.12 bits per heavy atom. The van der Waals surface area contributed by atoms with Crippen molar-refractivity contribution >= 4 is 15.9 Å². The number of hydrogen-bond donors (Lipinski definition) is 2. The topological polar surface area (TPSA) is 105 Å². The van der Waals surface area contributed by atoms with Gasteiger partial charge < -0.3 is 9.47 Å². The Bertz CT molecular complexity index is 940. The van der Waals surface area contributed by atoms with E-state index in [1.807, 2.05) is 0 Å². The summed E-state index contributed by atoms with van der Waals surface area (Å²) in [6, 6.07) is 4.72. The van der Waals surface area contributed by atoms with Crippen molar-refractivity contribution in [2.24, 2.45) is 0 Å². The molecule has 0 aliphatic carbocycles. The van der Waals surface area contributed by atoms with Crippen molar-refractivity contribution in [3.05, 3.63) is 29.8 Å². The molecule has 0 unspecified atom stereocenters. The van der Waals surface area contributed by atoms with Crippen LogP contribution in [0.25, 0.3) is 0 Å². The van der Waals surface area contributed by atoms with E-state index in [4.69, 9.17) is 9.94 Å². The van der Waals surface area contributed by atoms with Crippen LogP contribution in [0, 0.1) is 0 Å². The van der Waals surface area contributed by atoms with Gasteiger partial charge in [0, 0.05) is 39.1 Å². The van der Waals surface area contributed by atoms with E-state index >= 15 is 0 Å². The van der Waals surface area contributed by atoms with Crippen molar-refractivity contribution in [3.8, 4) is 5.75 Å². The molecule has 186 valence electrons. The maximum Gasteiger partial charge on any atom is 0.499 e. The van der Waals surface area contributed by atoms with E-state index in [0.29, 0.717) is 18.4 Å². The molecule has 0 bridgehead atoms. The van der Waals surface area contributed by atoms with Crippen LogP contribution in [0.3, 0.4) is 0 Å². The molecule has 2 aliphatic heterocycles. The Hall–Kier alpha value is -2.03. The van der Waals surface area contributed by atoms with Crippen molar-refractivity contribution in [2.45, 2.75) is 48.6 Å². The van der Waals surface area contributed by atoms with E-state index < -0.39 is 38.7 Å². The van der Waals surface area contributed by atoms with E-state index in [1.54, 1.807) is 0 Å². The second-order valence-electron chi connectivity index (χ2n) is 7.91. The molecule has 0 aromatic heterocycles. The van der Waals surface area contributed by atoms with Gasteiger partial charge in [0.2, 0.25) is 10.0 Å². The smallest absolute Gasteiger partial charge is 0.426 e. The van der Waals surface area contributed by atoms with Gasteiger partial charge in [-0.05, 0) is 36.5 Å². The van der Waals surface area contributed by atoms with E-state index in [1.165, 1.54) is 21.9 Å². The van der Waals surface area contributed by atoms with Gasteiger partial charge in [0.25, 0.3) is 5.91 Å². The van der Waals surface area contributed by atoms with Crippen LogP contribution >= 0.6 is 0 Å². The number of carbonyl (C=O) groups is 1. The summed E-state index contributed by atoms with van der Waals surface area (Å²) in [5, 5.41) is 9.10. The number of hydroxylamine groups is 1. The number of carbonyl (C=O) groups excluding carboxylic acids is 1. The highest BCUT2D eigenvalue weighted by molar-refractivity contribution is 7.91. The standard InChI is InChI=1S/C19H23F5N2O6S/c20-18(21,22)19(23,24)32-15-3-1-13(2-4-15)14-5-9-26(10-6-14)33(29,30)17(16(27)25-28)7-11-31-12-8-17/h1-4,14,28H,5-12H2,(H,25,27). The quantitative estimate of drug-likeness (QED) is 0.352. The zero-order valence-corrected chi connectivity index (χ0v) is 18.1. The number of piperidine rings is 1. The predicted molar refractivity (Wildman–Crippen MR) is 103 cm³/mol. The lowest BCUT2D eigenvalue weighted by Crippen LogP contribution is -2.60. The first kappa shape index (κ1) is 25.6. The first-order chi connectivity index (χ1) is 15.3. The minimum Gasteiger partial charge on any atom is -0.426 e. The molecule has 2 aliphatic rings. The highest BCUT2D eigenvalue weighted by Gasteiger charge is 2.61. The minimum atomic E-state index is -5.85. The van der Waals surface area contributed by atoms with Gasteiger partial charge in [-0.1, -0.05) is 12.1 Å². The van der Waals surface area contributed by atoms with Gasteiger partial charge >= 0.3 is 12.3 Å². The van der Waals surface area contributed by atoms with Gasteiger partial charge in [0.05, 0.1) is 0 Å². The molecule has 2 saturated heterocycles. The Kier molecular flexibility index (Phi) is 7.22. The molecule has 0 spiro atoms. The summed E-state index contributed by atoms with van der Waals surface area (Å²) in [6.45, 7) is 0.229. The maximum absolute atomic E-state index is 13.3. The number of hydrogen-bond acceptors (Lipinski definition) is 6. The Balaban J connectivity index is 1.67. The molecule has 0 saturated carbocycles. The number of nitrogens with zero attached hydrogens (tertiary/aromatic N) is 1. The van der Waals surface area contributed by atoms with Crippen molar-refractivity contribution < 1.29 is 49.8 Å². The zero-order valence-electron chi connectivity index (χ0n) is 17.3. The second-order valence-corrected chi connectivity index (χ2v) is 10.2. The number of ether oxygens (including phenoxy) is 2. The molecule has 0 radical (unpaired) electrons. The maximum atomic E-state index is 13.3. The lowest BCUT2D eigenvalue weighted by atomic mass is 9.90. The summed E-state index contributed by atoms with van der Waals surface area (Å²) >= 11 is 0. The van der Waals surface area contributed by atoms with E-state index in [-0.39, 0.29) is 45.1 Å². The molecule has 2 fully saturated rings. The fraction of sp³-hybridized carbons (Fsp3) is 0.632. The summed E-state index contributed by atoms with van der Waals surface area (Å²) in [5.74, 6) is -1.84. The summed E-state index contributed by atoms with van der Waals surface area (Å²) < 4.78 is 97.8. The predicted octanol–water partition coefficient (Wildman–Crippen LogP) is 2.78. The SMILES string of the molecule is O=C(NO)C1(S(=O)(=O)N2CCC(c3ccc(OC(F)(F)C(F)(F)F)cc3)CC2)CCOCC1. The summed E-state index contributed by atoms with van der Waals surface area (Å²) in [7, 11) is -4.13. The fourth-order valence-electron chi connectivity index (χ4n) is 4.10. The third-order valence-corrected chi connectivity index (χ3v) is 8.66. The third kappa shape index (κ3) is 4.93. The Labute approximate surface area is 186 Å². The number of sulfonamides is 1. The van der Waals surface area contributed by atoms with Crippen LogP contribution < -0.4 is 10.2 Å². The average molecular weight is 502 g/mol. The van der Waals surface area contributed by atoms with Gasteiger partial charge in [-0.3, -0.25) is 10.0 Å². The van der Waals surface area contributed by atoms with Crippen LogP contribution in [-0.4, -0.2) is 67.2 Å². The summed E-state index contributed by atoms with van der Waals surface area (Å²) in [5.41, 5.74) is 2.08. The monoisotopic (exact) mass is 502 g/mol. The molecule has 8 nitrogen and oxygen atoms in total. The first-order valence-corrected chi connectivity index (χ1v) is 11.5. The Morgan fingerprint density at radius 1 is 1.09 bits per heavy atom. The molecule has 1 aromatic carbocycles. The molecule has 2 heterocycles. The van der Waals surface area contributed by atoms with Crippen molar-refractivity contribution in [2.75, 3.05) is 26.3 Å². The van der Waals surface area contributed by atoms with Crippen LogP contribution in [-0.2, 0) is 19.6 Å². The van der Waals surface area contributed by atoms with E-state index in [2.05, 4.69) is 4.74 Å². The van der Waals surface area contributed by atoms with Crippen molar-refractivity contribution in [1.82, 2.24) is 9.79 Å². The van der Waals surface area contributed by atoms with Gasteiger partial charge in [0.1, 0.15) is 5.75 Å². The number of amides is 1. The molecule has 1 aromatic rings. The molecule has 33 heavy (non-hydrogen) atoms. The second kappa shape index (κ2) is 9.31. The number of alkyl halides is 5. The van der Waals surface area contributed by atoms with Crippen LogP contribution in [0.2, 0.25) is 0 Å².